The molecule has 0 radical (unpaired) electrons. The summed E-state index contributed by atoms with van der Waals surface area (Å²) in [5, 5.41) is 11.7. The van der Waals surface area contributed by atoms with Crippen molar-refractivity contribution in [1.82, 2.24) is 10.3 Å². The Labute approximate surface area is 162 Å². The van der Waals surface area contributed by atoms with E-state index in [4.69, 9.17) is 10.00 Å². The first-order valence-corrected chi connectivity index (χ1v) is 8.86. The Hall–Kier alpha value is -3.72. The molecule has 0 spiro atoms. The highest BCUT2D eigenvalue weighted by Gasteiger charge is 2.16. The van der Waals surface area contributed by atoms with E-state index in [1.807, 2.05) is 55.5 Å². The van der Waals surface area contributed by atoms with Gasteiger partial charge in [-0.15, -0.1) is 0 Å². The number of rotatable bonds is 6. The van der Waals surface area contributed by atoms with Crippen molar-refractivity contribution in [3.8, 4) is 17.3 Å². The first-order chi connectivity index (χ1) is 13.6. The van der Waals surface area contributed by atoms with Crippen LogP contribution in [0.1, 0.15) is 22.3 Å². The largest absolute Gasteiger partial charge is 0.452 e. The molecule has 3 rings (SSSR count). The predicted molar refractivity (Wildman–Crippen MR) is 105 cm³/mol. The summed E-state index contributed by atoms with van der Waals surface area (Å²) in [6.45, 7) is 1.82. The Bertz CT molecular complexity index is 1050. The van der Waals surface area contributed by atoms with Crippen LogP contribution in [0, 0.1) is 18.3 Å². The summed E-state index contributed by atoms with van der Waals surface area (Å²) in [4.78, 5) is 29.0. The van der Waals surface area contributed by atoms with Crippen molar-refractivity contribution in [3.63, 3.8) is 0 Å². The lowest BCUT2D eigenvalue weighted by Gasteiger charge is -2.10. The minimum atomic E-state index is -0.595. The molecule has 0 atom stereocenters. The van der Waals surface area contributed by atoms with E-state index < -0.39 is 18.5 Å². The van der Waals surface area contributed by atoms with Crippen LogP contribution in [0.5, 0.6) is 0 Å². The molecule has 0 aliphatic rings. The van der Waals surface area contributed by atoms with Crippen molar-refractivity contribution in [2.24, 2.45) is 0 Å². The first kappa shape index (κ1) is 19.1. The number of ether oxygens (including phenoxy) is 1. The number of nitrogens with one attached hydrogen (secondary N) is 1. The molecule has 0 saturated heterocycles. The number of aryl methyl sites for hydroxylation is 1. The minimum absolute atomic E-state index is 0.203. The van der Waals surface area contributed by atoms with Gasteiger partial charge >= 0.3 is 5.97 Å². The second-order valence-electron chi connectivity index (χ2n) is 6.27. The van der Waals surface area contributed by atoms with Gasteiger partial charge in [0, 0.05) is 17.5 Å². The summed E-state index contributed by atoms with van der Waals surface area (Å²) in [7, 11) is 0. The van der Waals surface area contributed by atoms with Gasteiger partial charge in [-0.2, -0.15) is 5.26 Å². The Balaban J connectivity index is 1.87. The van der Waals surface area contributed by atoms with E-state index in [9.17, 15) is 9.59 Å². The van der Waals surface area contributed by atoms with Crippen LogP contribution in [0.2, 0.25) is 0 Å². The third-order valence-corrected chi connectivity index (χ3v) is 4.18. The van der Waals surface area contributed by atoms with E-state index >= 15 is 0 Å². The molecule has 6 heteroatoms. The number of carbonyl (C=O) groups is 2. The van der Waals surface area contributed by atoms with Gasteiger partial charge in [-0.1, -0.05) is 48.0 Å². The van der Waals surface area contributed by atoms with Crippen LogP contribution in [-0.4, -0.2) is 30.0 Å². The number of hydrogen-bond donors (Lipinski definition) is 1. The SMILES string of the molecule is Cc1ccc(-c2cc(C(=O)OCC(=O)NCCC#N)c3ccccc3n2)cc1. The van der Waals surface area contributed by atoms with Crippen LogP contribution in [0.4, 0.5) is 0 Å². The van der Waals surface area contributed by atoms with Crippen molar-refractivity contribution >= 4 is 22.8 Å². The van der Waals surface area contributed by atoms with E-state index in [-0.39, 0.29) is 13.0 Å². The maximum absolute atomic E-state index is 12.6. The molecule has 0 aliphatic heterocycles. The number of aromatic nitrogens is 1. The van der Waals surface area contributed by atoms with Crippen LogP contribution in [-0.2, 0) is 9.53 Å². The monoisotopic (exact) mass is 373 g/mol. The van der Waals surface area contributed by atoms with Crippen LogP contribution in [0.25, 0.3) is 22.2 Å². The lowest BCUT2D eigenvalue weighted by Crippen LogP contribution is -2.29. The molecule has 1 heterocycles. The van der Waals surface area contributed by atoms with Gasteiger partial charge in [-0.05, 0) is 19.1 Å². The third-order valence-electron chi connectivity index (χ3n) is 4.18. The van der Waals surface area contributed by atoms with Crippen LogP contribution >= 0.6 is 0 Å². The molecule has 0 fully saturated rings. The number of amides is 1. The van der Waals surface area contributed by atoms with Gasteiger partial charge in [-0.3, -0.25) is 4.79 Å². The molecule has 1 aromatic heterocycles. The zero-order valence-corrected chi connectivity index (χ0v) is 15.4. The molecule has 140 valence electrons. The molecule has 1 N–H and O–H groups in total. The van der Waals surface area contributed by atoms with E-state index in [1.54, 1.807) is 12.1 Å². The van der Waals surface area contributed by atoms with Crippen molar-refractivity contribution < 1.29 is 14.3 Å². The number of esters is 1. The number of benzene rings is 2. The number of fused-ring (bicyclic) bond motifs is 1. The van der Waals surface area contributed by atoms with Gasteiger partial charge < -0.3 is 10.1 Å². The van der Waals surface area contributed by atoms with Gasteiger partial charge in [0.15, 0.2) is 6.61 Å². The second kappa shape index (κ2) is 8.78. The molecule has 0 bridgehead atoms. The molecule has 1 amide bonds. The van der Waals surface area contributed by atoms with Gasteiger partial charge in [0.1, 0.15) is 0 Å². The Morgan fingerprint density at radius 2 is 1.89 bits per heavy atom. The molecule has 3 aromatic rings. The van der Waals surface area contributed by atoms with Gasteiger partial charge in [-0.25, -0.2) is 9.78 Å². The Morgan fingerprint density at radius 1 is 1.14 bits per heavy atom. The third kappa shape index (κ3) is 4.51. The highest BCUT2D eigenvalue weighted by molar-refractivity contribution is 6.05. The Kier molecular flexibility index (Phi) is 5.97. The van der Waals surface area contributed by atoms with Gasteiger partial charge in [0.2, 0.25) is 0 Å². The number of hydrogen-bond acceptors (Lipinski definition) is 5. The van der Waals surface area contributed by atoms with Gasteiger partial charge in [0.25, 0.3) is 5.91 Å². The first-order valence-electron chi connectivity index (χ1n) is 8.86. The zero-order chi connectivity index (χ0) is 19.9. The van der Waals surface area contributed by atoms with E-state index in [0.29, 0.717) is 22.2 Å². The van der Waals surface area contributed by atoms with Crippen LogP contribution < -0.4 is 5.32 Å². The molecule has 28 heavy (non-hydrogen) atoms. The highest BCUT2D eigenvalue weighted by atomic mass is 16.5. The van der Waals surface area contributed by atoms with E-state index in [1.165, 1.54) is 0 Å². The minimum Gasteiger partial charge on any atom is -0.452 e. The molecule has 0 saturated carbocycles. The number of nitriles is 1. The second-order valence-corrected chi connectivity index (χ2v) is 6.27. The fraction of sp³-hybridized carbons (Fsp3) is 0.182. The smallest absolute Gasteiger partial charge is 0.339 e. The maximum atomic E-state index is 12.6. The number of para-hydroxylation sites is 1. The molecular weight excluding hydrogens is 354 g/mol. The summed E-state index contributed by atoms with van der Waals surface area (Å²) in [5.74, 6) is -1.04. The topological polar surface area (TPSA) is 92.1 Å². The summed E-state index contributed by atoms with van der Waals surface area (Å²) in [5.41, 5.74) is 3.70. The van der Waals surface area contributed by atoms with Crippen molar-refractivity contribution in [3.05, 3.63) is 65.7 Å². The summed E-state index contributed by atoms with van der Waals surface area (Å²) < 4.78 is 5.18. The van der Waals surface area contributed by atoms with Crippen molar-refractivity contribution in [2.75, 3.05) is 13.2 Å². The highest BCUT2D eigenvalue weighted by Crippen LogP contribution is 2.25. The average Bonchev–Trinajstić information content (AvgIpc) is 2.72. The number of nitrogens with zero attached hydrogens (tertiary/aromatic N) is 2. The summed E-state index contributed by atoms with van der Waals surface area (Å²) >= 11 is 0. The number of carbonyl (C=O) groups excluding carboxylic acids is 2. The lowest BCUT2D eigenvalue weighted by molar-refractivity contribution is -0.124. The molecule has 2 aromatic carbocycles. The quantitative estimate of drug-likeness (QED) is 0.528. The normalized spacial score (nSPS) is 10.3. The fourth-order valence-corrected chi connectivity index (χ4v) is 2.73. The average molecular weight is 373 g/mol. The molecular formula is C22H19N3O3. The van der Waals surface area contributed by atoms with Crippen LogP contribution in [0.15, 0.2) is 54.6 Å². The maximum Gasteiger partial charge on any atom is 0.339 e. The van der Waals surface area contributed by atoms with Crippen LogP contribution in [0.3, 0.4) is 0 Å². The fourth-order valence-electron chi connectivity index (χ4n) is 2.73. The molecule has 0 unspecified atom stereocenters. The van der Waals surface area contributed by atoms with Crippen molar-refractivity contribution in [2.45, 2.75) is 13.3 Å². The predicted octanol–water partition coefficient (Wildman–Crippen LogP) is 3.40. The number of pyridine rings is 1. The van der Waals surface area contributed by atoms with Crippen molar-refractivity contribution in [1.29, 1.82) is 5.26 Å². The molecule has 6 nitrogen and oxygen atoms in total. The summed E-state index contributed by atoms with van der Waals surface area (Å²) in [6.07, 6.45) is 0.203. The van der Waals surface area contributed by atoms with E-state index in [2.05, 4.69) is 10.3 Å². The standard InChI is InChI=1S/C22H19N3O3/c1-15-7-9-16(10-8-15)20-13-18(17-5-2-3-6-19(17)25-20)22(27)28-14-21(26)24-12-4-11-23/h2-3,5-10,13H,4,12,14H2,1H3,(H,24,26). The zero-order valence-electron chi connectivity index (χ0n) is 15.4. The van der Waals surface area contributed by atoms with Gasteiger partial charge in [0.05, 0.1) is 29.3 Å². The molecule has 0 aliphatic carbocycles. The summed E-state index contributed by atoms with van der Waals surface area (Å²) in [6, 6.07) is 18.8. The Morgan fingerprint density at radius 3 is 2.64 bits per heavy atom. The lowest BCUT2D eigenvalue weighted by atomic mass is 10.0. The van der Waals surface area contributed by atoms with E-state index in [0.717, 1.165) is 11.1 Å².